The van der Waals surface area contributed by atoms with E-state index in [9.17, 15) is 4.79 Å². The molecule has 5 heteroatoms. The number of hydrogen-bond donors (Lipinski definition) is 1. The summed E-state index contributed by atoms with van der Waals surface area (Å²) in [7, 11) is 0. The van der Waals surface area contributed by atoms with Crippen LogP contribution in [0.2, 0.25) is 0 Å². The van der Waals surface area contributed by atoms with Gasteiger partial charge in [-0.3, -0.25) is 4.79 Å². The molecule has 0 radical (unpaired) electrons. The molecule has 0 aliphatic carbocycles. The summed E-state index contributed by atoms with van der Waals surface area (Å²) in [5, 5.41) is 4.55. The molecule has 0 saturated carbocycles. The highest BCUT2D eigenvalue weighted by Gasteiger charge is 2.16. The fourth-order valence-electron chi connectivity index (χ4n) is 2.22. The fourth-order valence-corrected chi connectivity index (χ4v) is 3.16. The van der Waals surface area contributed by atoms with Gasteiger partial charge in [-0.15, -0.1) is 0 Å². The quantitative estimate of drug-likeness (QED) is 0.577. The summed E-state index contributed by atoms with van der Waals surface area (Å²) in [5.74, 6) is 0.00143. The summed E-state index contributed by atoms with van der Waals surface area (Å²) in [6, 6.07) is 17.7. The van der Waals surface area contributed by atoms with Crippen LogP contribution in [0, 0.1) is 0 Å². The Hall–Kier alpha value is -2.40. The minimum atomic E-state index is -0.225. The number of para-hydroxylation sites is 1. The van der Waals surface area contributed by atoms with Gasteiger partial charge in [-0.05, 0) is 18.6 Å². The van der Waals surface area contributed by atoms with Crippen LogP contribution in [0.25, 0.3) is 10.9 Å². The van der Waals surface area contributed by atoms with Crippen LogP contribution in [0.5, 0.6) is 0 Å². The number of rotatable bonds is 5. The summed E-state index contributed by atoms with van der Waals surface area (Å²) >= 11 is 1.45. The van der Waals surface area contributed by atoms with Crippen LogP contribution in [0.4, 0.5) is 0 Å². The Labute approximate surface area is 139 Å². The zero-order valence-corrected chi connectivity index (χ0v) is 13.6. The molecule has 1 aromatic heterocycles. The lowest BCUT2D eigenvalue weighted by Crippen LogP contribution is -2.30. The van der Waals surface area contributed by atoms with Gasteiger partial charge in [0.2, 0.25) is 5.91 Å². The van der Waals surface area contributed by atoms with Crippen molar-refractivity contribution in [2.24, 2.45) is 0 Å². The van der Waals surface area contributed by atoms with E-state index in [4.69, 9.17) is 0 Å². The highest BCUT2D eigenvalue weighted by atomic mass is 32.2. The molecule has 4 nitrogen and oxygen atoms in total. The minimum absolute atomic E-state index is 0.00143. The van der Waals surface area contributed by atoms with Crippen LogP contribution < -0.4 is 5.32 Å². The molecule has 0 bridgehead atoms. The van der Waals surface area contributed by atoms with Gasteiger partial charge in [0.1, 0.15) is 11.4 Å². The van der Waals surface area contributed by atoms with Gasteiger partial charge >= 0.3 is 0 Å². The van der Waals surface area contributed by atoms with Gasteiger partial charge in [-0.25, -0.2) is 9.97 Å². The average molecular weight is 323 g/mol. The Morgan fingerprint density at radius 2 is 1.83 bits per heavy atom. The largest absolute Gasteiger partial charge is 0.351 e. The zero-order chi connectivity index (χ0) is 16.1. The highest BCUT2D eigenvalue weighted by Crippen LogP contribution is 2.27. The van der Waals surface area contributed by atoms with Crippen LogP contribution in [-0.2, 0) is 11.3 Å². The molecule has 1 heterocycles. The van der Waals surface area contributed by atoms with Crippen LogP contribution >= 0.6 is 11.8 Å². The first-order valence-corrected chi connectivity index (χ1v) is 8.30. The standard InChI is InChI=1S/C18H17N3OS/c1-13(17(22)19-11-14-7-3-2-4-8-14)23-18-15-9-5-6-10-16(15)20-12-21-18/h2-10,12-13H,11H2,1H3,(H,19,22). The van der Waals surface area contributed by atoms with Crippen LogP contribution in [0.1, 0.15) is 12.5 Å². The first kappa shape index (κ1) is 15.5. The lowest BCUT2D eigenvalue weighted by molar-refractivity contribution is -0.120. The lowest BCUT2D eigenvalue weighted by Gasteiger charge is -2.12. The lowest BCUT2D eigenvalue weighted by atomic mass is 10.2. The van der Waals surface area contributed by atoms with E-state index in [0.717, 1.165) is 21.5 Å². The number of hydrogen-bond acceptors (Lipinski definition) is 4. The number of amides is 1. The molecule has 3 aromatic rings. The number of carbonyl (C=O) groups is 1. The Morgan fingerprint density at radius 1 is 1.09 bits per heavy atom. The number of thioether (sulfide) groups is 1. The van der Waals surface area contributed by atoms with Gasteiger partial charge in [0, 0.05) is 11.9 Å². The van der Waals surface area contributed by atoms with Gasteiger partial charge < -0.3 is 5.32 Å². The maximum atomic E-state index is 12.3. The molecule has 2 aromatic carbocycles. The van der Waals surface area contributed by atoms with Gasteiger partial charge in [0.05, 0.1) is 10.8 Å². The second-order valence-corrected chi connectivity index (χ2v) is 6.49. The SMILES string of the molecule is CC(Sc1ncnc2ccccc12)C(=O)NCc1ccccc1. The predicted octanol–water partition coefficient (Wildman–Crippen LogP) is 3.43. The Kier molecular flexibility index (Phi) is 4.88. The summed E-state index contributed by atoms with van der Waals surface area (Å²) in [6.45, 7) is 2.43. The topological polar surface area (TPSA) is 54.9 Å². The number of fused-ring (bicyclic) bond motifs is 1. The molecular weight excluding hydrogens is 306 g/mol. The summed E-state index contributed by atoms with van der Waals surface area (Å²) in [6.07, 6.45) is 1.54. The third-order valence-electron chi connectivity index (χ3n) is 3.47. The van der Waals surface area contributed by atoms with E-state index in [-0.39, 0.29) is 11.2 Å². The van der Waals surface area contributed by atoms with Gasteiger partial charge in [0.25, 0.3) is 0 Å². The molecule has 1 unspecified atom stereocenters. The summed E-state index contributed by atoms with van der Waals surface area (Å²) < 4.78 is 0. The van der Waals surface area contributed by atoms with E-state index in [1.54, 1.807) is 6.33 Å². The first-order chi connectivity index (χ1) is 11.2. The fraction of sp³-hybridized carbons (Fsp3) is 0.167. The Bertz CT molecular complexity index is 802. The average Bonchev–Trinajstić information content (AvgIpc) is 2.61. The Morgan fingerprint density at radius 3 is 2.65 bits per heavy atom. The third-order valence-corrected chi connectivity index (χ3v) is 4.59. The van der Waals surface area contributed by atoms with Crippen molar-refractivity contribution < 1.29 is 4.79 Å². The highest BCUT2D eigenvalue weighted by molar-refractivity contribution is 8.00. The number of aromatic nitrogens is 2. The maximum absolute atomic E-state index is 12.3. The summed E-state index contributed by atoms with van der Waals surface area (Å²) in [4.78, 5) is 20.8. The van der Waals surface area contributed by atoms with E-state index in [1.807, 2.05) is 61.5 Å². The van der Waals surface area contributed by atoms with Crippen LogP contribution in [0.15, 0.2) is 66.0 Å². The molecule has 1 atom stereocenters. The number of carbonyl (C=O) groups excluding carboxylic acids is 1. The van der Waals surface area contributed by atoms with Crippen molar-refractivity contribution in [1.82, 2.24) is 15.3 Å². The molecule has 0 saturated heterocycles. The molecule has 0 aliphatic rings. The normalized spacial score (nSPS) is 12.0. The minimum Gasteiger partial charge on any atom is -0.351 e. The van der Waals surface area contributed by atoms with Crippen molar-refractivity contribution in [1.29, 1.82) is 0 Å². The summed E-state index contributed by atoms with van der Waals surface area (Å²) in [5.41, 5.74) is 1.98. The van der Waals surface area contributed by atoms with Crippen LogP contribution in [0.3, 0.4) is 0 Å². The van der Waals surface area contributed by atoms with Crippen molar-refractivity contribution in [3.05, 3.63) is 66.5 Å². The van der Waals surface area contributed by atoms with Crippen molar-refractivity contribution in [2.45, 2.75) is 23.7 Å². The molecular formula is C18H17N3OS. The van der Waals surface area contributed by atoms with E-state index in [0.29, 0.717) is 6.54 Å². The van der Waals surface area contributed by atoms with Crippen molar-refractivity contribution in [2.75, 3.05) is 0 Å². The number of nitrogens with one attached hydrogen (secondary N) is 1. The van der Waals surface area contributed by atoms with E-state index in [2.05, 4.69) is 15.3 Å². The molecule has 1 amide bonds. The molecule has 0 spiro atoms. The van der Waals surface area contributed by atoms with E-state index in [1.165, 1.54) is 11.8 Å². The second-order valence-electron chi connectivity index (χ2n) is 5.16. The molecule has 116 valence electrons. The smallest absolute Gasteiger partial charge is 0.233 e. The predicted molar refractivity (Wildman–Crippen MR) is 93.1 cm³/mol. The van der Waals surface area contributed by atoms with Gasteiger partial charge in [0.15, 0.2) is 0 Å². The number of nitrogens with zero attached hydrogens (tertiary/aromatic N) is 2. The van der Waals surface area contributed by atoms with E-state index >= 15 is 0 Å². The number of benzene rings is 2. The Balaban J connectivity index is 1.66. The van der Waals surface area contributed by atoms with Crippen molar-refractivity contribution in [3.8, 4) is 0 Å². The van der Waals surface area contributed by atoms with Gasteiger partial charge in [-0.2, -0.15) is 0 Å². The molecule has 1 N–H and O–H groups in total. The van der Waals surface area contributed by atoms with Gasteiger partial charge in [-0.1, -0.05) is 60.3 Å². The second kappa shape index (κ2) is 7.24. The maximum Gasteiger partial charge on any atom is 0.233 e. The third kappa shape index (κ3) is 3.87. The molecule has 0 fully saturated rings. The van der Waals surface area contributed by atoms with E-state index < -0.39 is 0 Å². The van der Waals surface area contributed by atoms with Crippen LogP contribution in [-0.4, -0.2) is 21.1 Å². The van der Waals surface area contributed by atoms with Crippen molar-refractivity contribution >= 4 is 28.6 Å². The van der Waals surface area contributed by atoms with Crippen molar-refractivity contribution in [3.63, 3.8) is 0 Å². The molecule has 3 rings (SSSR count). The zero-order valence-electron chi connectivity index (χ0n) is 12.8. The molecule has 0 aliphatic heterocycles. The first-order valence-electron chi connectivity index (χ1n) is 7.42. The monoisotopic (exact) mass is 323 g/mol. The molecule has 23 heavy (non-hydrogen) atoms.